The smallest absolute Gasteiger partial charge is 0.262 e. The van der Waals surface area contributed by atoms with Crippen LogP contribution in [0.15, 0.2) is 62.0 Å². The minimum Gasteiger partial charge on any atom is -0.485 e. The summed E-state index contributed by atoms with van der Waals surface area (Å²) in [5, 5.41) is 1.34. The van der Waals surface area contributed by atoms with Crippen molar-refractivity contribution in [1.29, 1.82) is 0 Å². The third-order valence-electron chi connectivity index (χ3n) is 6.55. The van der Waals surface area contributed by atoms with Crippen LogP contribution in [-0.2, 0) is 16.1 Å². The zero-order chi connectivity index (χ0) is 30.4. The number of likely N-dealkylation sites (tertiary alicyclic amines) is 1. The van der Waals surface area contributed by atoms with E-state index in [0.717, 1.165) is 11.3 Å². The van der Waals surface area contributed by atoms with Crippen molar-refractivity contribution in [2.75, 3.05) is 43.4 Å². The van der Waals surface area contributed by atoms with Gasteiger partial charge in [-0.3, -0.25) is 24.3 Å². The summed E-state index contributed by atoms with van der Waals surface area (Å²) in [6, 6.07) is 7.97. The summed E-state index contributed by atoms with van der Waals surface area (Å²) in [6.07, 6.45) is 6.22. The topological polar surface area (TPSA) is 112 Å². The number of hydrogen-bond donors (Lipinski definition) is 1. The number of halogens is 2. The summed E-state index contributed by atoms with van der Waals surface area (Å²) in [5.74, 6) is 5.85. The van der Waals surface area contributed by atoms with E-state index in [-0.39, 0.29) is 23.9 Å². The number of allylic oxidation sites excluding steroid dienone is 1. The first-order chi connectivity index (χ1) is 19.8. The lowest BCUT2D eigenvalue weighted by atomic mass is 10.0. The van der Waals surface area contributed by atoms with Gasteiger partial charge in [-0.15, -0.1) is 13.2 Å². The molecule has 222 valence electrons. The summed E-state index contributed by atoms with van der Waals surface area (Å²) in [4.78, 5) is 45.7. The monoisotopic (exact) mass is 572 g/mol. The van der Waals surface area contributed by atoms with Gasteiger partial charge in [0.05, 0.1) is 12.1 Å². The van der Waals surface area contributed by atoms with E-state index in [2.05, 4.69) is 18.1 Å². The highest BCUT2D eigenvalue weighted by atomic mass is 19.1. The Kier molecular flexibility index (Phi) is 13.4. The minimum atomic E-state index is -1.30. The van der Waals surface area contributed by atoms with Gasteiger partial charge in [-0.05, 0) is 49.6 Å². The van der Waals surface area contributed by atoms with Crippen LogP contribution in [0.1, 0.15) is 35.7 Å². The Labute approximate surface area is 239 Å². The maximum atomic E-state index is 13.7. The van der Waals surface area contributed by atoms with Gasteiger partial charge >= 0.3 is 0 Å². The summed E-state index contributed by atoms with van der Waals surface area (Å²) in [5.41, 5.74) is 1.26. The van der Waals surface area contributed by atoms with E-state index in [9.17, 15) is 23.2 Å². The molecule has 10 nitrogen and oxygen atoms in total. The highest BCUT2D eigenvalue weighted by Crippen LogP contribution is 2.30. The zero-order valence-electron chi connectivity index (χ0n) is 23.5. The highest BCUT2D eigenvalue weighted by molar-refractivity contribution is 6.04. The fourth-order valence-electron chi connectivity index (χ4n) is 4.35. The predicted octanol–water partition coefficient (Wildman–Crippen LogP) is 3.64. The number of carbonyl (C=O) groups is 3. The van der Waals surface area contributed by atoms with Crippen molar-refractivity contribution in [2.24, 2.45) is 5.84 Å². The molecule has 1 aliphatic heterocycles. The summed E-state index contributed by atoms with van der Waals surface area (Å²) >= 11 is 0. The molecular weight excluding hydrogens is 534 g/mol. The molecule has 0 unspecified atom stereocenters. The van der Waals surface area contributed by atoms with Crippen LogP contribution in [0.4, 0.5) is 20.3 Å². The molecule has 0 aliphatic carbocycles. The van der Waals surface area contributed by atoms with Crippen LogP contribution in [-0.4, -0.2) is 79.1 Å². The lowest BCUT2D eigenvalue weighted by Gasteiger charge is -2.37. The Morgan fingerprint density at radius 2 is 1.88 bits per heavy atom. The number of pyridine rings is 1. The normalized spacial score (nSPS) is 13.4. The molecule has 2 heterocycles. The first-order valence-electron chi connectivity index (χ1n) is 13.1. The number of imide groups is 1. The molecule has 12 heteroatoms. The number of hydrogen-bond acceptors (Lipinski definition) is 8. The van der Waals surface area contributed by atoms with Crippen molar-refractivity contribution in [3.63, 3.8) is 0 Å². The zero-order valence-corrected chi connectivity index (χ0v) is 23.5. The van der Waals surface area contributed by atoms with Gasteiger partial charge in [-0.1, -0.05) is 12.1 Å². The number of alkyl halides is 2. The maximum Gasteiger partial charge on any atom is 0.262 e. The number of piperidine rings is 1. The number of aromatic nitrogens is 1. The molecule has 1 fully saturated rings. The van der Waals surface area contributed by atoms with Crippen molar-refractivity contribution in [3.8, 4) is 5.75 Å². The van der Waals surface area contributed by atoms with Gasteiger partial charge in [0, 0.05) is 44.3 Å². The van der Waals surface area contributed by atoms with Gasteiger partial charge in [0.25, 0.3) is 5.91 Å². The van der Waals surface area contributed by atoms with Gasteiger partial charge in [-0.2, -0.15) is 0 Å². The van der Waals surface area contributed by atoms with Crippen LogP contribution in [0.3, 0.4) is 0 Å². The Balaban J connectivity index is 0.00000287. The Hall–Kier alpha value is -4.32. The van der Waals surface area contributed by atoms with E-state index in [4.69, 9.17) is 10.6 Å². The second-order valence-corrected chi connectivity index (χ2v) is 9.16. The van der Waals surface area contributed by atoms with E-state index in [0.29, 0.717) is 49.4 Å². The third kappa shape index (κ3) is 8.84. The Bertz CT molecular complexity index is 1150. The number of nitrogens with zero attached hydrogens (tertiary/aromatic N) is 5. The Morgan fingerprint density at radius 3 is 2.41 bits per heavy atom. The van der Waals surface area contributed by atoms with Crippen LogP contribution in [0, 0.1) is 0 Å². The Morgan fingerprint density at radius 1 is 1.20 bits per heavy atom. The van der Waals surface area contributed by atoms with Crippen molar-refractivity contribution in [3.05, 3.63) is 73.1 Å². The molecule has 0 saturated carbocycles. The highest BCUT2D eigenvalue weighted by Gasteiger charge is 2.27. The van der Waals surface area contributed by atoms with Crippen LogP contribution in [0.5, 0.6) is 5.75 Å². The van der Waals surface area contributed by atoms with Crippen LogP contribution >= 0.6 is 0 Å². The molecule has 0 bridgehead atoms. The minimum absolute atomic E-state index is 0.0294. The largest absolute Gasteiger partial charge is 0.485 e. The molecule has 41 heavy (non-hydrogen) atoms. The average molecular weight is 573 g/mol. The molecule has 0 atom stereocenters. The fourth-order valence-corrected chi connectivity index (χ4v) is 4.35. The molecule has 1 aromatic carbocycles. The molecule has 1 aliphatic rings. The van der Waals surface area contributed by atoms with Crippen molar-refractivity contribution >= 4 is 30.2 Å². The van der Waals surface area contributed by atoms with Gasteiger partial charge in [-0.25, -0.2) is 19.6 Å². The lowest BCUT2D eigenvalue weighted by molar-refractivity contribution is -0.119. The number of ether oxygens (including phenoxy) is 1. The SMILES string of the molecule is C/C=C\N(N)c1ccc(CN(C=O)C(=O)c2cc(OC(CF)CF)ccc2N(C)C2CCN(C=O)CC2)cn1.C=C. The number of carbonyl (C=O) groups excluding carboxylic acids is 3. The van der Waals surface area contributed by atoms with Gasteiger partial charge in [0.2, 0.25) is 12.8 Å². The standard InChI is InChI=1S/C27H34F2N6O4.C2H4/c1-3-10-35(30)26-7-4-20(16-31-26)17-34(19-37)27(38)24-13-22(39-23(14-28)15-29)5-6-25(24)32(2)21-8-11-33(18-36)12-9-21;1-2/h3-7,10,13,16,18-19,21,23H,8-9,11-12,14-15,17,30H2,1-2H3;1-2H2/b10-3-;. The number of amides is 3. The molecule has 0 radical (unpaired) electrons. The van der Waals surface area contributed by atoms with Gasteiger partial charge in [0.1, 0.15) is 24.9 Å². The van der Waals surface area contributed by atoms with Crippen molar-refractivity contribution in [1.82, 2.24) is 14.8 Å². The predicted molar refractivity (Wildman–Crippen MR) is 155 cm³/mol. The van der Waals surface area contributed by atoms with E-state index < -0.39 is 25.4 Å². The number of rotatable bonds is 13. The van der Waals surface area contributed by atoms with Crippen molar-refractivity contribution in [2.45, 2.75) is 38.5 Å². The second-order valence-electron chi connectivity index (χ2n) is 9.16. The number of nitrogens with two attached hydrogens (primary N) is 1. The summed E-state index contributed by atoms with van der Waals surface area (Å²) < 4.78 is 31.6. The molecule has 3 amide bonds. The molecule has 0 spiro atoms. The van der Waals surface area contributed by atoms with E-state index in [1.807, 2.05) is 18.9 Å². The maximum absolute atomic E-state index is 13.7. The molecule has 1 aromatic heterocycles. The summed E-state index contributed by atoms with van der Waals surface area (Å²) in [7, 11) is 1.83. The second kappa shape index (κ2) is 16.7. The first-order valence-corrected chi connectivity index (χ1v) is 13.1. The molecule has 3 rings (SSSR count). The fraction of sp³-hybridized carbons (Fsp3) is 0.379. The van der Waals surface area contributed by atoms with E-state index >= 15 is 0 Å². The molecule has 2 N–H and O–H groups in total. The van der Waals surface area contributed by atoms with E-state index in [1.54, 1.807) is 41.4 Å². The quantitative estimate of drug-likeness (QED) is 0.168. The number of hydrazine groups is 1. The molecule has 2 aromatic rings. The van der Waals surface area contributed by atoms with Crippen molar-refractivity contribution < 1.29 is 27.9 Å². The first kappa shape index (κ1) is 32.9. The van der Waals surface area contributed by atoms with Crippen LogP contribution < -0.4 is 20.5 Å². The number of benzene rings is 1. The molecule has 1 saturated heterocycles. The average Bonchev–Trinajstić information content (AvgIpc) is 3.03. The number of anilines is 2. The van der Waals surface area contributed by atoms with Gasteiger partial charge in [0.15, 0.2) is 6.10 Å². The van der Waals surface area contributed by atoms with Gasteiger partial charge < -0.3 is 14.5 Å². The lowest BCUT2D eigenvalue weighted by Crippen LogP contribution is -2.43. The molecular formula is C29H38F2N6O4. The van der Waals surface area contributed by atoms with Crippen LogP contribution in [0.25, 0.3) is 0 Å². The van der Waals surface area contributed by atoms with Crippen LogP contribution in [0.2, 0.25) is 0 Å². The van der Waals surface area contributed by atoms with E-state index in [1.165, 1.54) is 17.3 Å². The third-order valence-corrected chi connectivity index (χ3v) is 6.55. The summed E-state index contributed by atoms with van der Waals surface area (Å²) in [6.45, 7) is 6.85.